The molecule has 0 aromatic rings. The highest BCUT2D eigenvalue weighted by Gasteiger charge is 2.12. The second-order valence-corrected chi connectivity index (χ2v) is 13.9. The lowest BCUT2D eigenvalue weighted by Gasteiger charge is -2.12. The fourth-order valence-corrected chi connectivity index (χ4v) is 5.69. The molecule has 2 atom stereocenters. The first-order valence-corrected chi connectivity index (χ1v) is 20.8. The van der Waals surface area contributed by atoms with Crippen LogP contribution in [0.4, 0.5) is 0 Å². The smallest absolute Gasteiger partial charge is 0.305 e. The number of aliphatic hydroxyl groups excluding tert-OH is 2. The number of allylic oxidation sites excluding steroid dienone is 7. The molecule has 0 fully saturated rings. The van der Waals surface area contributed by atoms with Crippen molar-refractivity contribution in [1.29, 1.82) is 0 Å². The highest BCUT2D eigenvalue weighted by atomic mass is 16.6. The molecule has 50 heavy (non-hydrogen) atoms. The Kier molecular flexibility index (Phi) is 37.9. The van der Waals surface area contributed by atoms with Gasteiger partial charge in [0.2, 0.25) is 0 Å². The normalized spacial score (nSPS) is 13.3. The Hall–Kier alpha value is -2.18. The monoisotopic (exact) mass is 703 g/mol. The molecule has 0 aliphatic rings. The molecule has 0 rings (SSSR count). The Morgan fingerprint density at radius 3 is 1.32 bits per heavy atom. The molecule has 0 radical (unpaired) electrons. The molecule has 0 aromatic carbocycles. The molecule has 0 unspecified atom stereocenters. The van der Waals surface area contributed by atoms with E-state index in [-0.39, 0.29) is 31.3 Å². The summed E-state index contributed by atoms with van der Waals surface area (Å²) in [6, 6.07) is 0. The molecular weight excluding hydrogens is 624 g/mol. The van der Waals surface area contributed by atoms with Gasteiger partial charge in [-0.3, -0.25) is 9.59 Å². The molecule has 0 heterocycles. The zero-order valence-corrected chi connectivity index (χ0v) is 32.5. The van der Waals surface area contributed by atoms with Crippen LogP contribution in [-0.2, 0) is 19.1 Å². The van der Waals surface area contributed by atoms with E-state index in [9.17, 15) is 19.8 Å². The molecule has 0 saturated carbocycles. The van der Waals surface area contributed by atoms with Gasteiger partial charge in [-0.15, -0.1) is 0 Å². The molecular formula is C44H78O6. The minimum atomic E-state index is -0.996. The lowest BCUT2D eigenvalue weighted by atomic mass is 10.0. The van der Waals surface area contributed by atoms with Gasteiger partial charge in [0.05, 0.1) is 6.10 Å². The third-order valence-corrected chi connectivity index (χ3v) is 8.89. The average molecular weight is 703 g/mol. The van der Waals surface area contributed by atoms with Gasteiger partial charge in [-0.05, 0) is 44.9 Å². The van der Waals surface area contributed by atoms with Gasteiger partial charge < -0.3 is 19.7 Å². The molecule has 0 aromatic heterocycles. The topological polar surface area (TPSA) is 93.1 Å². The molecule has 290 valence electrons. The number of aliphatic hydroxyl groups is 2. The standard InChI is InChI=1S/C44H78O6/c1-3-5-7-8-9-10-11-12-13-14-15-16-17-21-24-27-30-33-37-43(47)49-39-42(46)40-50-44(48)38-34-31-28-25-22-19-18-20-23-26-29-32-36-41(45)35-6-4-2/h18-19,23,25-26,28,32,36,41-42,45-46H,3-17,20-22,24,27,29-31,33-35,37-40H2,1-2H3/b19-18-,26-23-,28-25-,36-32-/t41-,42+/m0/s1. The Labute approximate surface area is 308 Å². The van der Waals surface area contributed by atoms with Crippen LogP contribution >= 0.6 is 0 Å². The van der Waals surface area contributed by atoms with Crippen LogP contribution < -0.4 is 0 Å². The summed E-state index contributed by atoms with van der Waals surface area (Å²) in [6.07, 6.45) is 46.5. The Balaban J connectivity index is 3.53. The molecule has 0 amide bonds. The van der Waals surface area contributed by atoms with Crippen molar-refractivity contribution < 1.29 is 29.3 Å². The third-order valence-electron chi connectivity index (χ3n) is 8.89. The minimum Gasteiger partial charge on any atom is -0.463 e. The van der Waals surface area contributed by atoms with Crippen LogP contribution in [0.25, 0.3) is 0 Å². The van der Waals surface area contributed by atoms with Crippen molar-refractivity contribution >= 4 is 11.9 Å². The van der Waals surface area contributed by atoms with E-state index < -0.39 is 6.10 Å². The summed E-state index contributed by atoms with van der Waals surface area (Å²) in [5.41, 5.74) is 0. The van der Waals surface area contributed by atoms with Crippen molar-refractivity contribution in [1.82, 2.24) is 0 Å². The van der Waals surface area contributed by atoms with E-state index in [1.807, 2.05) is 12.2 Å². The lowest BCUT2D eigenvalue weighted by molar-refractivity contribution is -0.152. The summed E-state index contributed by atoms with van der Waals surface area (Å²) >= 11 is 0. The first kappa shape index (κ1) is 47.8. The van der Waals surface area contributed by atoms with Crippen LogP contribution in [0.5, 0.6) is 0 Å². The molecule has 0 bridgehead atoms. The number of esters is 2. The first-order valence-electron chi connectivity index (χ1n) is 20.8. The number of ether oxygens (including phenoxy) is 2. The molecule has 0 aliphatic heterocycles. The Bertz CT molecular complexity index is 861. The van der Waals surface area contributed by atoms with Crippen molar-refractivity contribution in [2.24, 2.45) is 0 Å². The maximum atomic E-state index is 12.0. The fraction of sp³-hybridized carbons (Fsp3) is 0.773. The van der Waals surface area contributed by atoms with Crippen LogP contribution in [-0.4, -0.2) is 47.6 Å². The fourth-order valence-electron chi connectivity index (χ4n) is 5.69. The van der Waals surface area contributed by atoms with E-state index in [1.54, 1.807) is 0 Å². The molecule has 0 aliphatic carbocycles. The van der Waals surface area contributed by atoms with Gasteiger partial charge in [-0.25, -0.2) is 0 Å². The van der Waals surface area contributed by atoms with Gasteiger partial charge in [0, 0.05) is 12.8 Å². The predicted molar refractivity (Wildman–Crippen MR) is 211 cm³/mol. The van der Waals surface area contributed by atoms with Crippen LogP contribution in [0, 0.1) is 0 Å². The van der Waals surface area contributed by atoms with E-state index in [1.165, 1.54) is 96.3 Å². The van der Waals surface area contributed by atoms with Gasteiger partial charge in [0.1, 0.15) is 19.3 Å². The SMILES string of the molecule is CCCCCCCCCCCCCCCCCCCCC(=O)OC[C@@H](O)COC(=O)CCC/C=C\C/C=C\C/C=C\C/C=C\[C@@H](O)CCCC. The van der Waals surface area contributed by atoms with E-state index >= 15 is 0 Å². The zero-order chi connectivity index (χ0) is 36.6. The summed E-state index contributed by atoms with van der Waals surface area (Å²) in [4.78, 5) is 23.9. The van der Waals surface area contributed by atoms with Crippen molar-refractivity contribution in [3.63, 3.8) is 0 Å². The Morgan fingerprint density at radius 2 is 0.860 bits per heavy atom. The van der Waals surface area contributed by atoms with Crippen LogP contribution in [0.3, 0.4) is 0 Å². The first-order chi connectivity index (χ1) is 24.5. The van der Waals surface area contributed by atoms with E-state index in [4.69, 9.17) is 9.47 Å². The molecule has 6 nitrogen and oxygen atoms in total. The molecule has 0 spiro atoms. The predicted octanol–water partition coefficient (Wildman–Crippen LogP) is 12.0. The highest BCUT2D eigenvalue weighted by Crippen LogP contribution is 2.15. The van der Waals surface area contributed by atoms with Crippen LogP contribution in [0.1, 0.15) is 194 Å². The van der Waals surface area contributed by atoms with Crippen molar-refractivity contribution in [3.05, 3.63) is 48.6 Å². The van der Waals surface area contributed by atoms with E-state index in [0.29, 0.717) is 19.3 Å². The van der Waals surface area contributed by atoms with Gasteiger partial charge in [-0.1, -0.05) is 184 Å². The Morgan fingerprint density at radius 1 is 0.480 bits per heavy atom. The number of unbranched alkanes of at least 4 members (excludes halogenated alkanes) is 19. The summed E-state index contributed by atoms with van der Waals surface area (Å²) in [5.74, 6) is -0.646. The van der Waals surface area contributed by atoms with Gasteiger partial charge in [-0.2, -0.15) is 0 Å². The second-order valence-electron chi connectivity index (χ2n) is 13.9. The van der Waals surface area contributed by atoms with Gasteiger partial charge >= 0.3 is 11.9 Å². The molecule has 2 N–H and O–H groups in total. The number of rotatable bonds is 37. The summed E-state index contributed by atoms with van der Waals surface area (Å²) < 4.78 is 10.3. The largest absolute Gasteiger partial charge is 0.463 e. The van der Waals surface area contributed by atoms with E-state index in [0.717, 1.165) is 64.2 Å². The number of carbonyl (C=O) groups is 2. The zero-order valence-electron chi connectivity index (χ0n) is 32.5. The van der Waals surface area contributed by atoms with Crippen molar-refractivity contribution in [2.45, 2.75) is 206 Å². The number of carbonyl (C=O) groups excluding carboxylic acids is 2. The van der Waals surface area contributed by atoms with Crippen LogP contribution in [0.15, 0.2) is 48.6 Å². The molecule has 6 heteroatoms. The van der Waals surface area contributed by atoms with Gasteiger partial charge in [0.25, 0.3) is 0 Å². The van der Waals surface area contributed by atoms with E-state index in [2.05, 4.69) is 50.3 Å². The van der Waals surface area contributed by atoms with Crippen molar-refractivity contribution in [2.75, 3.05) is 13.2 Å². The third kappa shape index (κ3) is 38.6. The van der Waals surface area contributed by atoms with Crippen molar-refractivity contribution in [3.8, 4) is 0 Å². The second kappa shape index (κ2) is 39.6. The molecule has 0 saturated heterocycles. The maximum Gasteiger partial charge on any atom is 0.305 e. The summed E-state index contributed by atoms with van der Waals surface area (Å²) in [7, 11) is 0. The summed E-state index contributed by atoms with van der Waals surface area (Å²) in [5, 5.41) is 19.8. The average Bonchev–Trinajstić information content (AvgIpc) is 3.11. The summed E-state index contributed by atoms with van der Waals surface area (Å²) in [6.45, 7) is 4.11. The van der Waals surface area contributed by atoms with Gasteiger partial charge in [0.15, 0.2) is 0 Å². The quantitative estimate of drug-likeness (QED) is 0.0380. The lowest BCUT2D eigenvalue weighted by Crippen LogP contribution is -2.25. The highest BCUT2D eigenvalue weighted by molar-refractivity contribution is 5.69. The minimum absolute atomic E-state index is 0.141. The number of hydrogen-bond acceptors (Lipinski definition) is 6. The number of hydrogen-bond donors (Lipinski definition) is 2. The van der Waals surface area contributed by atoms with Crippen LogP contribution in [0.2, 0.25) is 0 Å². The maximum absolute atomic E-state index is 12.0.